The van der Waals surface area contributed by atoms with Gasteiger partial charge in [-0.3, -0.25) is 4.79 Å². The number of pyridine rings is 1. The Labute approximate surface area is 122 Å². The summed E-state index contributed by atoms with van der Waals surface area (Å²) in [6.45, 7) is 0. The molecular formula is C12H7BrCl2N2O. The fourth-order valence-corrected chi connectivity index (χ4v) is 2.01. The molecule has 0 saturated heterocycles. The molecule has 0 radical (unpaired) electrons. The molecule has 1 aromatic carbocycles. The molecule has 2 aromatic rings. The quantitative estimate of drug-likeness (QED) is 0.819. The van der Waals surface area contributed by atoms with E-state index in [9.17, 15) is 4.79 Å². The number of nitrogens with zero attached hydrogens (tertiary/aromatic N) is 1. The first-order valence-corrected chi connectivity index (χ1v) is 6.50. The van der Waals surface area contributed by atoms with E-state index in [0.717, 1.165) is 4.47 Å². The van der Waals surface area contributed by atoms with Crippen molar-refractivity contribution in [2.24, 2.45) is 0 Å². The third-order valence-electron chi connectivity index (χ3n) is 2.16. The first-order chi connectivity index (χ1) is 8.56. The average molecular weight is 346 g/mol. The molecule has 1 heterocycles. The van der Waals surface area contributed by atoms with Crippen LogP contribution in [0.2, 0.25) is 10.3 Å². The molecule has 0 aliphatic heterocycles. The lowest BCUT2D eigenvalue weighted by Gasteiger charge is -2.06. The molecule has 0 bridgehead atoms. The minimum absolute atomic E-state index is 0.0807. The van der Waals surface area contributed by atoms with Crippen molar-refractivity contribution in [3.8, 4) is 0 Å². The largest absolute Gasteiger partial charge is 0.322 e. The van der Waals surface area contributed by atoms with E-state index in [1.54, 1.807) is 12.1 Å². The van der Waals surface area contributed by atoms with Crippen molar-refractivity contribution in [3.63, 3.8) is 0 Å². The third-order valence-corrected chi connectivity index (χ3v) is 3.19. The summed E-state index contributed by atoms with van der Waals surface area (Å²) in [6, 6.07) is 10.3. The molecule has 3 nitrogen and oxygen atoms in total. The minimum Gasteiger partial charge on any atom is -0.322 e. The highest BCUT2D eigenvalue weighted by atomic mass is 79.9. The lowest BCUT2D eigenvalue weighted by molar-refractivity contribution is 0.102. The van der Waals surface area contributed by atoms with E-state index in [1.165, 1.54) is 12.1 Å². The highest BCUT2D eigenvalue weighted by Gasteiger charge is 2.11. The van der Waals surface area contributed by atoms with Gasteiger partial charge in [-0.2, -0.15) is 0 Å². The maximum Gasteiger partial charge on any atom is 0.258 e. The van der Waals surface area contributed by atoms with Crippen LogP contribution in [0.5, 0.6) is 0 Å². The van der Waals surface area contributed by atoms with Gasteiger partial charge < -0.3 is 5.32 Å². The highest BCUT2D eigenvalue weighted by molar-refractivity contribution is 9.10. The summed E-state index contributed by atoms with van der Waals surface area (Å²) in [5, 5.41) is 3.05. The van der Waals surface area contributed by atoms with Crippen molar-refractivity contribution in [2.75, 3.05) is 5.32 Å². The third kappa shape index (κ3) is 3.22. The summed E-state index contributed by atoms with van der Waals surface area (Å²) in [5.41, 5.74) is 0.957. The molecule has 0 unspecified atom stereocenters. The smallest absolute Gasteiger partial charge is 0.258 e. The molecule has 0 spiro atoms. The molecular weight excluding hydrogens is 339 g/mol. The number of rotatable bonds is 2. The molecule has 1 N–H and O–H groups in total. The summed E-state index contributed by atoms with van der Waals surface area (Å²) in [6.07, 6.45) is 0. The normalized spacial score (nSPS) is 10.2. The Morgan fingerprint density at radius 2 is 1.78 bits per heavy atom. The van der Waals surface area contributed by atoms with Gasteiger partial charge in [0.25, 0.3) is 5.91 Å². The van der Waals surface area contributed by atoms with Gasteiger partial charge in [0, 0.05) is 10.2 Å². The van der Waals surface area contributed by atoms with Crippen LogP contribution < -0.4 is 5.32 Å². The molecule has 1 amide bonds. The van der Waals surface area contributed by atoms with E-state index in [4.69, 9.17) is 23.2 Å². The van der Waals surface area contributed by atoms with Crippen molar-refractivity contribution >= 4 is 50.7 Å². The van der Waals surface area contributed by atoms with E-state index in [-0.39, 0.29) is 21.8 Å². The Morgan fingerprint density at radius 1 is 1.11 bits per heavy atom. The van der Waals surface area contributed by atoms with Crippen LogP contribution in [0.1, 0.15) is 10.4 Å². The van der Waals surface area contributed by atoms with Gasteiger partial charge >= 0.3 is 0 Å². The summed E-state index contributed by atoms with van der Waals surface area (Å²) in [7, 11) is 0. The van der Waals surface area contributed by atoms with Crippen LogP contribution in [0.4, 0.5) is 5.69 Å². The predicted molar refractivity (Wildman–Crippen MR) is 76.4 cm³/mol. The SMILES string of the molecule is O=C(Nc1ccc(Br)cc1)c1ccc(Cl)nc1Cl. The Morgan fingerprint density at radius 3 is 2.39 bits per heavy atom. The van der Waals surface area contributed by atoms with Gasteiger partial charge in [0.1, 0.15) is 10.3 Å². The van der Waals surface area contributed by atoms with E-state index >= 15 is 0 Å². The second kappa shape index (κ2) is 5.69. The number of amides is 1. The molecule has 0 aliphatic carbocycles. The Hall–Kier alpha value is -1.10. The number of carbonyl (C=O) groups is 1. The number of aromatic nitrogens is 1. The number of nitrogens with one attached hydrogen (secondary N) is 1. The minimum atomic E-state index is -0.327. The fraction of sp³-hybridized carbons (Fsp3) is 0. The highest BCUT2D eigenvalue weighted by Crippen LogP contribution is 2.19. The fourth-order valence-electron chi connectivity index (χ4n) is 1.31. The molecule has 0 fully saturated rings. The van der Waals surface area contributed by atoms with Crippen LogP contribution in [0.15, 0.2) is 40.9 Å². The molecule has 18 heavy (non-hydrogen) atoms. The van der Waals surface area contributed by atoms with Gasteiger partial charge in [0.2, 0.25) is 0 Å². The predicted octanol–water partition coefficient (Wildman–Crippen LogP) is 4.40. The van der Waals surface area contributed by atoms with Gasteiger partial charge in [-0.05, 0) is 36.4 Å². The van der Waals surface area contributed by atoms with Crippen molar-refractivity contribution in [1.29, 1.82) is 0 Å². The van der Waals surface area contributed by atoms with Crippen LogP contribution >= 0.6 is 39.1 Å². The van der Waals surface area contributed by atoms with Gasteiger partial charge in [-0.15, -0.1) is 0 Å². The summed E-state index contributed by atoms with van der Waals surface area (Å²) < 4.78 is 0.937. The second-order valence-electron chi connectivity index (χ2n) is 3.43. The number of carbonyl (C=O) groups excluding carboxylic acids is 1. The Bertz CT molecular complexity index is 587. The monoisotopic (exact) mass is 344 g/mol. The summed E-state index contributed by atoms with van der Waals surface area (Å²) >= 11 is 14.8. The molecule has 0 saturated carbocycles. The van der Waals surface area contributed by atoms with Crippen molar-refractivity contribution < 1.29 is 4.79 Å². The van der Waals surface area contributed by atoms with E-state index < -0.39 is 0 Å². The second-order valence-corrected chi connectivity index (χ2v) is 5.09. The van der Waals surface area contributed by atoms with E-state index in [0.29, 0.717) is 5.69 Å². The van der Waals surface area contributed by atoms with Crippen molar-refractivity contribution in [1.82, 2.24) is 4.98 Å². The molecule has 6 heteroatoms. The summed E-state index contributed by atoms with van der Waals surface area (Å²) in [4.78, 5) is 15.8. The zero-order chi connectivity index (χ0) is 13.1. The van der Waals surface area contributed by atoms with Crippen molar-refractivity contribution in [2.45, 2.75) is 0 Å². The number of anilines is 1. The maximum atomic E-state index is 11.9. The zero-order valence-electron chi connectivity index (χ0n) is 8.95. The van der Waals surface area contributed by atoms with Gasteiger partial charge in [0.15, 0.2) is 0 Å². The molecule has 92 valence electrons. The van der Waals surface area contributed by atoms with E-state index in [2.05, 4.69) is 26.2 Å². The molecule has 1 aromatic heterocycles. The van der Waals surface area contributed by atoms with E-state index in [1.807, 2.05) is 12.1 Å². The topological polar surface area (TPSA) is 42.0 Å². The van der Waals surface area contributed by atoms with Crippen LogP contribution in [0.3, 0.4) is 0 Å². The lowest BCUT2D eigenvalue weighted by Crippen LogP contribution is -2.12. The Kier molecular flexibility index (Phi) is 4.22. The zero-order valence-corrected chi connectivity index (χ0v) is 12.1. The summed E-state index contributed by atoms with van der Waals surface area (Å²) in [5.74, 6) is -0.327. The van der Waals surface area contributed by atoms with Gasteiger partial charge in [-0.25, -0.2) is 4.98 Å². The number of halogens is 3. The van der Waals surface area contributed by atoms with Crippen LogP contribution in [-0.2, 0) is 0 Å². The molecule has 2 rings (SSSR count). The number of hydrogen-bond donors (Lipinski definition) is 1. The van der Waals surface area contributed by atoms with Gasteiger partial charge in [0.05, 0.1) is 5.56 Å². The first kappa shape index (κ1) is 13.3. The maximum absolute atomic E-state index is 11.9. The van der Waals surface area contributed by atoms with Crippen molar-refractivity contribution in [3.05, 3.63) is 56.7 Å². The van der Waals surface area contributed by atoms with Crippen LogP contribution in [0.25, 0.3) is 0 Å². The average Bonchev–Trinajstić information content (AvgIpc) is 2.32. The lowest BCUT2D eigenvalue weighted by atomic mass is 10.2. The number of benzene rings is 1. The standard InChI is InChI=1S/C12H7BrCl2N2O/c13-7-1-3-8(4-2-7)16-12(18)9-5-6-10(14)17-11(9)15/h1-6H,(H,16,18). The molecule has 0 aliphatic rings. The number of hydrogen-bond acceptors (Lipinski definition) is 2. The van der Waals surface area contributed by atoms with Crippen LogP contribution in [-0.4, -0.2) is 10.9 Å². The first-order valence-electron chi connectivity index (χ1n) is 4.95. The Balaban J connectivity index is 2.19. The molecule has 0 atom stereocenters. The van der Waals surface area contributed by atoms with Crippen LogP contribution in [0, 0.1) is 0 Å². The van der Waals surface area contributed by atoms with Gasteiger partial charge in [-0.1, -0.05) is 39.1 Å².